The van der Waals surface area contributed by atoms with Gasteiger partial charge >= 0.3 is 0 Å². The van der Waals surface area contributed by atoms with Crippen LogP contribution in [0.2, 0.25) is 0 Å². The Morgan fingerprint density at radius 1 is 1.11 bits per heavy atom. The van der Waals surface area contributed by atoms with Crippen molar-refractivity contribution >= 4 is 34.0 Å². The molecule has 1 aliphatic rings. The van der Waals surface area contributed by atoms with E-state index in [9.17, 15) is 0 Å². The lowest BCUT2D eigenvalue weighted by Gasteiger charge is -2.20. The summed E-state index contributed by atoms with van der Waals surface area (Å²) in [6.45, 7) is 0. The van der Waals surface area contributed by atoms with Crippen LogP contribution in [0.1, 0.15) is 0 Å². The van der Waals surface area contributed by atoms with Crippen molar-refractivity contribution in [2.24, 2.45) is 7.05 Å². The molecule has 18 heavy (non-hydrogen) atoms. The van der Waals surface area contributed by atoms with E-state index in [0.29, 0.717) is 0 Å². The summed E-state index contributed by atoms with van der Waals surface area (Å²) in [5.74, 6) is 0. The highest BCUT2D eigenvalue weighted by molar-refractivity contribution is 7.99. The molecule has 0 atom stereocenters. The van der Waals surface area contributed by atoms with Crippen molar-refractivity contribution in [1.29, 1.82) is 0 Å². The second kappa shape index (κ2) is 3.53. The Hall–Kier alpha value is -1.94. The number of fused-ring (bicyclic) bond motifs is 3. The van der Waals surface area contributed by atoms with Gasteiger partial charge < -0.3 is 5.32 Å². The van der Waals surface area contributed by atoms with Gasteiger partial charge in [0.15, 0.2) is 0 Å². The molecule has 2 heterocycles. The molecule has 0 saturated heterocycles. The monoisotopic (exact) mass is 253 g/mol. The molecule has 2 aromatic carbocycles. The minimum atomic E-state index is 1.05. The molecule has 0 amide bonds. The van der Waals surface area contributed by atoms with Crippen molar-refractivity contribution in [1.82, 2.24) is 9.78 Å². The van der Waals surface area contributed by atoms with Crippen molar-refractivity contribution in [3.05, 3.63) is 42.6 Å². The zero-order valence-electron chi connectivity index (χ0n) is 9.84. The third-order valence-electron chi connectivity index (χ3n) is 3.10. The topological polar surface area (TPSA) is 29.9 Å². The van der Waals surface area contributed by atoms with E-state index in [-0.39, 0.29) is 0 Å². The van der Waals surface area contributed by atoms with Crippen LogP contribution < -0.4 is 5.32 Å². The van der Waals surface area contributed by atoms with Crippen molar-refractivity contribution in [2.45, 2.75) is 9.79 Å². The number of benzene rings is 2. The van der Waals surface area contributed by atoms with Gasteiger partial charge in [-0.2, -0.15) is 5.10 Å². The number of anilines is 2. The Balaban J connectivity index is 1.92. The van der Waals surface area contributed by atoms with Gasteiger partial charge in [-0.15, -0.1) is 0 Å². The van der Waals surface area contributed by atoms with E-state index in [4.69, 9.17) is 0 Å². The minimum Gasteiger partial charge on any atom is -0.354 e. The predicted octanol–water partition coefficient (Wildman–Crippen LogP) is 3.78. The third-order valence-corrected chi connectivity index (χ3v) is 4.23. The van der Waals surface area contributed by atoms with E-state index in [1.807, 2.05) is 17.9 Å². The summed E-state index contributed by atoms with van der Waals surface area (Å²) in [7, 11) is 1.95. The average Bonchev–Trinajstić information content (AvgIpc) is 2.72. The van der Waals surface area contributed by atoms with E-state index in [1.165, 1.54) is 26.6 Å². The molecule has 88 valence electrons. The number of hydrogen-bond acceptors (Lipinski definition) is 3. The van der Waals surface area contributed by atoms with Crippen LogP contribution in [-0.2, 0) is 7.05 Å². The Labute approximate surface area is 109 Å². The van der Waals surface area contributed by atoms with E-state index < -0.39 is 0 Å². The smallest absolute Gasteiger partial charge is 0.0936 e. The first-order chi connectivity index (χ1) is 8.79. The molecule has 1 aromatic heterocycles. The highest BCUT2D eigenvalue weighted by Crippen LogP contribution is 2.45. The summed E-state index contributed by atoms with van der Waals surface area (Å²) in [5, 5.41) is 9.11. The molecule has 0 fully saturated rings. The molecule has 0 radical (unpaired) electrons. The lowest BCUT2D eigenvalue weighted by molar-refractivity contribution is 0.779. The maximum Gasteiger partial charge on any atom is 0.0936 e. The fraction of sp³-hybridized carbons (Fsp3) is 0.0714. The number of para-hydroxylation sites is 1. The first kappa shape index (κ1) is 10.0. The van der Waals surface area contributed by atoms with Crippen LogP contribution in [0.5, 0.6) is 0 Å². The van der Waals surface area contributed by atoms with Gasteiger partial charge in [0, 0.05) is 28.4 Å². The molecule has 4 heteroatoms. The van der Waals surface area contributed by atoms with Gasteiger partial charge in [-0.25, -0.2) is 0 Å². The maximum atomic E-state index is 4.45. The summed E-state index contributed by atoms with van der Waals surface area (Å²) in [5.41, 5.74) is 3.39. The lowest BCUT2D eigenvalue weighted by Crippen LogP contribution is -1.99. The molecule has 1 aliphatic heterocycles. The van der Waals surface area contributed by atoms with Crippen LogP contribution >= 0.6 is 11.8 Å². The molecule has 1 N–H and O–H groups in total. The highest BCUT2D eigenvalue weighted by atomic mass is 32.2. The van der Waals surface area contributed by atoms with Crippen LogP contribution in [0.25, 0.3) is 10.9 Å². The molecule has 0 spiro atoms. The fourth-order valence-corrected chi connectivity index (χ4v) is 3.28. The second-order valence-electron chi connectivity index (χ2n) is 4.43. The fourth-order valence-electron chi connectivity index (χ4n) is 2.28. The number of nitrogens with one attached hydrogen (secondary N) is 1. The standard InChI is InChI=1S/C14H11N3S/c1-17-8-9-6-12-14(7-11(9)16-17)18-13-5-3-2-4-10(13)15-12/h2-8,15H,1H3. The highest BCUT2D eigenvalue weighted by Gasteiger charge is 2.16. The summed E-state index contributed by atoms with van der Waals surface area (Å²) in [6.07, 6.45) is 2.04. The molecule has 0 aliphatic carbocycles. The zero-order valence-corrected chi connectivity index (χ0v) is 10.7. The van der Waals surface area contributed by atoms with Gasteiger partial charge in [-0.3, -0.25) is 4.68 Å². The molecule has 0 saturated carbocycles. The van der Waals surface area contributed by atoms with E-state index in [1.54, 1.807) is 11.8 Å². The number of rotatable bonds is 0. The minimum absolute atomic E-state index is 1.05. The van der Waals surface area contributed by atoms with Gasteiger partial charge in [-0.1, -0.05) is 23.9 Å². The maximum absolute atomic E-state index is 4.45. The van der Waals surface area contributed by atoms with E-state index >= 15 is 0 Å². The summed E-state index contributed by atoms with van der Waals surface area (Å²) >= 11 is 1.79. The van der Waals surface area contributed by atoms with Crippen LogP contribution in [0, 0.1) is 0 Å². The molecular formula is C14H11N3S. The molecule has 3 aromatic rings. The summed E-state index contributed by atoms with van der Waals surface area (Å²) in [4.78, 5) is 2.50. The van der Waals surface area contributed by atoms with Crippen molar-refractivity contribution in [3.63, 3.8) is 0 Å². The van der Waals surface area contributed by atoms with Crippen LogP contribution in [0.4, 0.5) is 11.4 Å². The molecule has 3 nitrogen and oxygen atoms in total. The van der Waals surface area contributed by atoms with Crippen molar-refractivity contribution in [2.75, 3.05) is 5.32 Å². The first-order valence-electron chi connectivity index (χ1n) is 5.81. The third kappa shape index (κ3) is 1.42. The van der Waals surface area contributed by atoms with Gasteiger partial charge in [0.25, 0.3) is 0 Å². The van der Waals surface area contributed by atoms with Gasteiger partial charge in [0.1, 0.15) is 0 Å². The summed E-state index contributed by atoms with van der Waals surface area (Å²) in [6, 6.07) is 12.7. The quantitative estimate of drug-likeness (QED) is 0.517. The summed E-state index contributed by atoms with van der Waals surface area (Å²) < 4.78 is 1.86. The average molecular weight is 253 g/mol. The molecule has 0 bridgehead atoms. The molecule has 4 rings (SSSR count). The second-order valence-corrected chi connectivity index (χ2v) is 5.52. The molecule has 0 unspecified atom stereocenters. The number of aryl methyl sites for hydroxylation is 1. The SMILES string of the molecule is Cn1cc2cc3c(cc2n1)Sc1ccccc1N3. The number of nitrogens with zero attached hydrogens (tertiary/aromatic N) is 2. The van der Waals surface area contributed by atoms with Crippen molar-refractivity contribution < 1.29 is 0 Å². The normalized spacial score (nSPS) is 12.9. The Morgan fingerprint density at radius 3 is 2.94 bits per heavy atom. The molecular weight excluding hydrogens is 242 g/mol. The van der Waals surface area contributed by atoms with E-state index in [0.717, 1.165) is 5.52 Å². The largest absolute Gasteiger partial charge is 0.354 e. The first-order valence-corrected chi connectivity index (χ1v) is 6.62. The zero-order chi connectivity index (χ0) is 12.1. The van der Waals surface area contributed by atoms with Gasteiger partial charge in [0.2, 0.25) is 0 Å². The van der Waals surface area contributed by atoms with E-state index in [2.05, 4.69) is 46.8 Å². The Kier molecular flexibility index (Phi) is 1.96. The van der Waals surface area contributed by atoms with Gasteiger partial charge in [0.05, 0.1) is 16.9 Å². The van der Waals surface area contributed by atoms with Crippen molar-refractivity contribution in [3.8, 4) is 0 Å². The van der Waals surface area contributed by atoms with Gasteiger partial charge in [-0.05, 0) is 24.3 Å². The lowest BCUT2D eigenvalue weighted by atomic mass is 10.2. The number of aromatic nitrogens is 2. The Morgan fingerprint density at radius 2 is 2.00 bits per heavy atom. The van der Waals surface area contributed by atoms with Crippen LogP contribution in [0.3, 0.4) is 0 Å². The van der Waals surface area contributed by atoms with Crippen LogP contribution in [0.15, 0.2) is 52.4 Å². The number of hydrogen-bond donors (Lipinski definition) is 1. The van der Waals surface area contributed by atoms with Crippen LogP contribution in [-0.4, -0.2) is 9.78 Å². The Bertz CT molecular complexity index is 699. The predicted molar refractivity (Wildman–Crippen MR) is 74.6 cm³/mol.